The zero-order chi connectivity index (χ0) is 16.4. The lowest BCUT2D eigenvalue weighted by Gasteiger charge is -2.29. The zero-order valence-electron chi connectivity index (χ0n) is 14.2. The maximum atomic E-state index is 6.10. The Kier molecular flexibility index (Phi) is 4.49. The van der Waals surface area contributed by atoms with E-state index >= 15 is 0 Å². The minimum absolute atomic E-state index is 0.318. The molecule has 6 heteroatoms. The van der Waals surface area contributed by atoms with Crippen molar-refractivity contribution in [3.63, 3.8) is 0 Å². The lowest BCUT2D eigenvalue weighted by atomic mass is 10.1. The minimum atomic E-state index is 0.318. The second-order valence-electron chi connectivity index (χ2n) is 6.84. The van der Waals surface area contributed by atoms with Crippen molar-refractivity contribution in [2.45, 2.75) is 37.8 Å². The van der Waals surface area contributed by atoms with Crippen molar-refractivity contribution in [1.29, 1.82) is 0 Å². The van der Waals surface area contributed by atoms with Crippen LogP contribution >= 0.6 is 0 Å². The van der Waals surface area contributed by atoms with Crippen LogP contribution in [0.3, 0.4) is 0 Å². The molecule has 0 saturated carbocycles. The van der Waals surface area contributed by atoms with Gasteiger partial charge in [0.05, 0.1) is 6.04 Å². The molecule has 1 aromatic carbocycles. The number of ether oxygens (including phenoxy) is 1. The molecule has 4 rings (SSSR count). The molecule has 6 nitrogen and oxygen atoms in total. The number of nitrogens with zero attached hydrogens (tertiary/aromatic N) is 3. The summed E-state index contributed by atoms with van der Waals surface area (Å²) < 4.78 is 6.10. The highest BCUT2D eigenvalue weighted by Gasteiger charge is 2.20. The van der Waals surface area contributed by atoms with Crippen molar-refractivity contribution in [3.05, 3.63) is 30.1 Å². The van der Waals surface area contributed by atoms with E-state index in [1.165, 1.54) is 6.42 Å². The molecule has 0 bridgehead atoms. The van der Waals surface area contributed by atoms with Crippen LogP contribution in [-0.4, -0.2) is 52.9 Å². The molecule has 2 saturated heterocycles. The van der Waals surface area contributed by atoms with Crippen molar-refractivity contribution in [1.82, 2.24) is 25.4 Å². The maximum Gasteiger partial charge on any atom is 0.181 e. The molecule has 0 amide bonds. The summed E-state index contributed by atoms with van der Waals surface area (Å²) in [5, 5.41) is 10.9. The van der Waals surface area contributed by atoms with Gasteiger partial charge in [0.1, 0.15) is 17.7 Å². The predicted molar refractivity (Wildman–Crippen MR) is 92.9 cm³/mol. The fourth-order valence-corrected chi connectivity index (χ4v) is 3.45. The first-order chi connectivity index (χ1) is 11.8. The largest absolute Gasteiger partial charge is 0.490 e. The third kappa shape index (κ3) is 3.44. The van der Waals surface area contributed by atoms with Crippen LogP contribution in [0.1, 0.15) is 37.5 Å². The van der Waals surface area contributed by atoms with Gasteiger partial charge in [-0.15, -0.1) is 0 Å². The molecule has 128 valence electrons. The van der Waals surface area contributed by atoms with Crippen molar-refractivity contribution >= 4 is 0 Å². The smallest absolute Gasteiger partial charge is 0.181 e. The molecule has 0 spiro atoms. The Morgan fingerprint density at radius 1 is 1.12 bits per heavy atom. The van der Waals surface area contributed by atoms with Gasteiger partial charge in [0, 0.05) is 18.7 Å². The molecular weight excluding hydrogens is 302 g/mol. The summed E-state index contributed by atoms with van der Waals surface area (Å²) in [6.07, 6.45) is 4.84. The number of aromatic nitrogens is 3. The van der Waals surface area contributed by atoms with Crippen LogP contribution in [0.25, 0.3) is 11.4 Å². The third-order valence-corrected chi connectivity index (χ3v) is 4.97. The fraction of sp³-hybridized carbons (Fsp3) is 0.556. The molecule has 1 atom stereocenters. The van der Waals surface area contributed by atoms with Gasteiger partial charge in [-0.3, -0.25) is 5.10 Å². The van der Waals surface area contributed by atoms with Gasteiger partial charge in [-0.1, -0.05) is 0 Å². The van der Waals surface area contributed by atoms with Crippen LogP contribution in [0.2, 0.25) is 0 Å². The Morgan fingerprint density at radius 3 is 2.62 bits per heavy atom. The van der Waals surface area contributed by atoms with E-state index in [0.717, 1.165) is 61.9 Å². The number of piperidine rings is 1. The quantitative estimate of drug-likeness (QED) is 0.902. The Labute approximate surface area is 142 Å². The molecule has 2 N–H and O–H groups in total. The number of nitrogens with one attached hydrogen (secondary N) is 2. The number of benzene rings is 1. The van der Waals surface area contributed by atoms with Gasteiger partial charge >= 0.3 is 0 Å². The molecule has 3 heterocycles. The summed E-state index contributed by atoms with van der Waals surface area (Å²) in [5.74, 6) is 2.63. The van der Waals surface area contributed by atoms with Gasteiger partial charge in [0.15, 0.2) is 5.82 Å². The third-order valence-electron chi connectivity index (χ3n) is 4.97. The van der Waals surface area contributed by atoms with Crippen LogP contribution in [0.15, 0.2) is 24.3 Å². The zero-order valence-corrected chi connectivity index (χ0v) is 14.2. The first kappa shape index (κ1) is 15.6. The Bertz CT molecular complexity index is 654. The van der Waals surface area contributed by atoms with E-state index in [1.807, 2.05) is 24.3 Å². The predicted octanol–water partition coefficient (Wildman–Crippen LogP) is 2.37. The Hall–Kier alpha value is -1.92. The second kappa shape index (κ2) is 6.91. The van der Waals surface area contributed by atoms with Crippen LogP contribution in [0.4, 0.5) is 0 Å². The average molecular weight is 327 g/mol. The fourth-order valence-electron chi connectivity index (χ4n) is 3.45. The maximum absolute atomic E-state index is 6.10. The summed E-state index contributed by atoms with van der Waals surface area (Å²) in [7, 11) is 2.16. The van der Waals surface area contributed by atoms with E-state index in [0.29, 0.717) is 12.1 Å². The van der Waals surface area contributed by atoms with Crippen molar-refractivity contribution < 1.29 is 4.74 Å². The van der Waals surface area contributed by atoms with Crippen molar-refractivity contribution in [2.75, 3.05) is 26.7 Å². The number of hydrogen-bond donors (Lipinski definition) is 2. The first-order valence-corrected chi connectivity index (χ1v) is 8.89. The summed E-state index contributed by atoms with van der Waals surface area (Å²) in [4.78, 5) is 6.99. The minimum Gasteiger partial charge on any atom is -0.490 e. The van der Waals surface area contributed by atoms with E-state index < -0.39 is 0 Å². The average Bonchev–Trinajstić information content (AvgIpc) is 3.29. The summed E-state index contributed by atoms with van der Waals surface area (Å²) in [5.41, 5.74) is 1.02. The number of likely N-dealkylation sites (tertiary alicyclic amines) is 1. The molecule has 2 aliphatic heterocycles. The Morgan fingerprint density at radius 2 is 1.92 bits per heavy atom. The summed E-state index contributed by atoms with van der Waals surface area (Å²) >= 11 is 0. The molecule has 2 aromatic rings. The monoisotopic (exact) mass is 327 g/mol. The van der Waals surface area contributed by atoms with Gasteiger partial charge in [0.25, 0.3) is 0 Å². The lowest BCUT2D eigenvalue weighted by Crippen LogP contribution is -2.35. The number of aromatic amines is 1. The van der Waals surface area contributed by atoms with Crippen LogP contribution in [0.5, 0.6) is 5.75 Å². The summed E-state index contributed by atoms with van der Waals surface area (Å²) in [6.45, 7) is 3.28. The highest BCUT2D eigenvalue weighted by atomic mass is 16.5. The molecule has 24 heavy (non-hydrogen) atoms. The molecular formula is C18H25N5O. The number of H-pyrrole nitrogens is 1. The van der Waals surface area contributed by atoms with Gasteiger partial charge in [-0.05, 0) is 63.5 Å². The van der Waals surface area contributed by atoms with E-state index in [9.17, 15) is 0 Å². The topological polar surface area (TPSA) is 66.1 Å². The lowest BCUT2D eigenvalue weighted by molar-refractivity contribution is 0.114. The highest BCUT2D eigenvalue weighted by Crippen LogP contribution is 2.25. The first-order valence-electron chi connectivity index (χ1n) is 8.89. The van der Waals surface area contributed by atoms with E-state index in [2.05, 4.69) is 32.4 Å². The molecule has 0 radical (unpaired) electrons. The SMILES string of the molecule is CN1CCC(Oc2ccc(-c3n[nH]c(C4CCCN4)n3)cc2)CC1. The van der Waals surface area contributed by atoms with Gasteiger partial charge in [0.2, 0.25) is 0 Å². The standard InChI is InChI=1S/C18H25N5O/c1-23-11-8-15(9-12-23)24-14-6-4-13(5-7-14)17-20-18(22-21-17)16-3-2-10-19-16/h4-7,15-16,19H,2-3,8-12H2,1H3,(H,20,21,22). The van der Waals surface area contributed by atoms with Crippen LogP contribution in [0, 0.1) is 0 Å². The van der Waals surface area contributed by atoms with Crippen molar-refractivity contribution in [3.8, 4) is 17.1 Å². The number of rotatable bonds is 4. The summed E-state index contributed by atoms with van der Waals surface area (Å²) in [6, 6.07) is 8.45. The van der Waals surface area contributed by atoms with Gasteiger partial charge in [-0.2, -0.15) is 5.10 Å². The van der Waals surface area contributed by atoms with E-state index in [-0.39, 0.29) is 0 Å². The Balaban J connectivity index is 1.40. The molecule has 1 unspecified atom stereocenters. The molecule has 1 aromatic heterocycles. The molecule has 2 aliphatic rings. The second-order valence-corrected chi connectivity index (χ2v) is 6.84. The molecule has 0 aliphatic carbocycles. The highest BCUT2D eigenvalue weighted by molar-refractivity contribution is 5.55. The van der Waals surface area contributed by atoms with Crippen LogP contribution < -0.4 is 10.1 Å². The van der Waals surface area contributed by atoms with Crippen molar-refractivity contribution in [2.24, 2.45) is 0 Å². The molecule has 2 fully saturated rings. The number of hydrogen-bond acceptors (Lipinski definition) is 5. The van der Waals surface area contributed by atoms with E-state index in [4.69, 9.17) is 4.74 Å². The normalized spacial score (nSPS) is 22.8. The van der Waals surface area contributed by atoms with E-state index in [1.54, 1.807) is 0 Å². The van der Waals surface area contributed by atoms with Gasteiger partial charge in [-0.25, -0.2) is 4.98 Å². The van der Waals surface area contributed by atoms with Gasteiger partial charge < -0.3 is 15.0 Å². The van der Waals surface area contributed by atoms with Crippen LogP contribution in [-0.2, 0) is 0 Å².